The van der Waals surface area contributed by atoms with Crippen molar-refractivity contribution >= 4 is 45.7 Å². The summed E-state index contributed by atoms with van der Waals surface area (Å²) >= 11 is 12.2. The zero-order chi connectivity index (χ0) is 17.4. The van der Waals surface area contributed by atoms with Crippen molar-refractivity contribution in [2.45, 2.75) is 25.8 Å². The predicted molar refractivity (Wildman–Crippen MR) is 102 cm³/mol. The van der Waals surface area contributed by atoms with E-state index in [-0.39, 0.29) is 0 Å². The van der Waals surface area contributed by atoms with E-state index < -0.39 is 0 Å². The molecular formula is C17H18Cl2N6. The van der Waals surface area contributed by atoms with E-state index in [2.05, 4.69) is 42.5 Å². The van der Waals surface area contributed by atoms with Crippen LogP contribution < -0.4 is 10.2 Å². The summed E-state index contributed by atoms with van der Waals surface area (Å²) in [5.41, 5.74) is 2.83. The van der Waals surface area contributed by atoms with Gasteiger partial charge in [0.2, 0.25) is 5.95 Å². The Morgan fingerprint density at radius 1 is 1.28 bits per heavy atom. The van der Waals surface area contributed by atoms with Crippen LogP contribution in [0.25, 0.3) is 10.9 Å². The van der Waals surface area contributed by atoms with E-state index in [9.17, 15) is 0 Å². The van der Waals surface area contributed by atoms with Crippen LogP contribution in [-0.2, 0) is 0 Å². The summed E-state index contributed by atoms with van der Waals surface area (Å²) in [6, 6.07) is 6.53. The van der Waals surface area contributed by atoms with Gasteiger partial charge in [0.05, 0.1) is 22.4 Å². The Bertz CT molecular complexity index is 886. The fourth-order valence-corrected chi connectivity index (χ4v) is 3.49. The third-order valence-corrected chi connectivity index (χ3v) is 5.30. The maximum absolute atomic E-state index is 6.11. The lowest BCUT2D eigenvalue weighted by Crippen LogP contribution is -2.43. The molecule has 0 spiro atoms. The van der Waals surface area contributed by atoms with Crippen LogP contribution in [0.15, 0.2) is 24.4 Å². The van der Waals surface area contributed by atoms with Gasteiger partial charge in [0.1, 0.15) is 0 Å². The van der Waals surface area contributed by atoms with E-state index in [1.807, 2.05) is 19.2 Å². The van der Waals surface area contributed by atoms with Gasteiger partial charge in [-0.25, -0.2) is 4.98 Å². The highest BCUT2D eigenvalue weighted by atomic mass is 35.5. The molecule has 3 heterocycles. The number of halogens is 2. The number of anilines is 2. The number of hydrogen-bond donors (Lipinski definition) is 2. The minimum atomic E-state index is 0.310. The molecule has 2 N–H and O–H groups in total. The molecule has 0 saturated carbocycles. The molecule has 0 aliphatic carbocycles. The molecule has 1 aliphatic heterocycles. The van der Waals surface area contributed by atoms with Crippen molar-refractivity contribution in [3.8, 4) is 0 Å². The largest absolute Gasteiger partial charge is 0.381 e. The first-order valence-corrected chi connectivity index (χ1v) is 9.00. The Labute approximate surface area is 155 Å². The minimum Gasteiger partial charge on any atom is -0.381 e. The second-order valence-corrected chi connectivity index (χ2v) is 7.05. The fraction of sp³-hybridized carbons (Fsp3) is 0.353. The quantitative estimate of drug-likeness (QED) is 0.674. The summed E-state index contributed by atoms with van der Waals surface area (Å²) in [6.45, 7) is 3.58. The summed E-state index contributed by atoms with van der Waals surface area (Å²) in [7, 11) is 0. The number of hydrogen-bond acceptors (Lipinski definition) is 5. The van der Waals surface area contributed by atoms with Crippen molar-refractivity contribution in [2.75, 3.05) is 23.3 Å². The highest BCUT2D eigenvalue weighted by molar-refractivity contribution is 6.41. The Balaban J connectivity index is 1.50. The van der Waals surface area contributed by atoms with Crippen molar-refractivity contribution in [1.82, 2.24) is 20.2 Å². The van der Waals surface area contributed by atoms with Crippen molar-refractivity contribution < 1.29 is 0 Å². The molecule has 0 amide bonds. The zero-order valence-electron chi connectivity index (χ0n) is 13.8. The van der Waals surface area contributed by atoms with E-state index >= 15 is 0 Å². The standard InChI is InChI=1S/C17H18Cl2N6/c1-10-15(18)16(19)23-17(21-10)25-6-2-3-13(9-25)22-12-4-5-14-11(7-12)8-20-24-14/h4-5,7-8,13,22H,2-3,6,9H2,1H3,(H,20,24). The molecular weight excluding hydrogens is 359 g/mol. The lowest BCUT2D eigenvalue weighted by Gasteiger charge is -2.34. The summed E-state index contributed by atoms with van der Waals surface area (Å²) in [5, 5.41) is 12.5. The first kappa shape index (κ1) is 16.4. The van der Waals surface area contributed by atoms with Crippen molar-refractivity contribution in [2.24, 2.45) is 0 Å². The number of fused-ring (bicyclic) bond motifs is 1. The third-order valence-electron chi connectivity index (χ3n) is 4.48. The zero-order valence-corrected chi connectivity index (χ0v) is 15.3. The second kappa shape index (κ2) is 6.69. The normalized spacial score (nSPS) is 17.9. The van der Waals surface area contributed by atoms with Gasteiger partial charge in [-0.05, 0) is 38.0 Å². The van der Waals surface area contributed by atoms with Gasteiger partial charge in [0, 0.05) is 30.2 Å². The lowest BCUT2D eigenvalue weighted by atomic mass is 10.1. The number of aryl methyl sites for hydroxylation is 1. The van der Waals surface area contributed by atoms with Crippen LogP contribution in [0.2, 0.25) is 10.2 Å². The van der Waals surface area contributed by atoms with E-state index in [0.717, 1.165) is 42.5 Å². The Hall–Kier alpha value is -2.05. The van der Waals surface area contributed by atoms with Gasteiger partial charge in [-0.15, -0.1) is 0 Å². The maximum Gasteiger partial charge on any atom is 0.227 e. The second-order valence-electron chi connectivity index (χ2n) is 6.32. The van der Waals surface area contributed by atoms with E-state index in [1.54, 1.807) is 0 Å². The number of aromatic amines is 1. The molecule has 1 unspecified atom stereocenters. The molecule has 130 valence electrons. The first-order chi connectivity index (χ1) is 12.1. The number of nitrogens with zero attached hydrogens (tertiary/aromatic N) is 4. The molecule has 8 heteroatoms. The van der Waals surface area contributed by atoms with Crippen molar-refractivity contribution in [3.05, 3.63) is 40.3 Å². The molecule has 2 aromatic heterocycles. The lowest BCUT2D eigenvalue weighted by molar-refractivity contribution is 0.522. The van der Waals surface area contributed by atoms with Gasteiger partial charge in [0.25, 0.3) is 0 Å². The van der Waals surface area contributed by atoms with Gasteiger partial charge < -0.3 is 10.2 Å². The van der Waals surface area contributed by atoms with Gasteiger partial charge in [-0.2, -0.15) is 10.1 Å². The average Bonchev–Trinajstić information content (AvgIpc) is 3.07. The number of aromatic nitrogens is 4. The summed E-state index contributed by atoms with van der Waals surface area (Å²) in [6.07, 6.45) is 3.99. The topological polar surface area (TPSA) is 69.7 Å². The van der Waals surface area contributed by atoms with Crippen molar-refractivity contribution in [3.63, 3.8) is 0 Å². The Kier molecular flexibility index (Phi) is 4.39. The predicted octanol–water partition coefficient (Wildman–Crippen LogP) is 4.05. The van der Waals surface area contributed by atoms with Crippen LogP contribution in [0.1, 0.15) is 18.5 Å². The molecule has 3 aromatic rings. The molecule has 6 nitrogen and oxygen atoms in total. The highest BCUT2D eigenvalue weighted by Gasteiger charge is 2.23. The van der Waals surface area contributed by atoms with Crippen LogP contribution in [0.5, 0.6) is 0 Å². The number of benzene rings is 1. The molecule has 4 rings (SSSR count). The molecule has 1 aliphatic rings. The summed E-state index contributed by atoms with van der Waals surface area (Å²) in [4.78, 5) is 11.0. The highest BCUT2D eigenvalue weighted by Crippen LogP contribution is 2.27. The molecule has 1 saturated heterocycles. The average molecular weight is 377 g/mol. The van der Waals surface area contributed by atoms with Crippen LogP contribution in [0, 0.1) is 6.92 Å². The molecule has 25 heavy (non-hydrogen) atoms. The van der Waals surface area contributed by atoms with Crippen LogP contribution in [-0.4, -0.2) is 39.3 Å². The van der Waals surface area contributed by atoms with Crippen LogP contribution >= 0.6 is 23.2 Å². The van der Waals surface area contributed by atoms with Gasteiger partial charge in [-0.3, -0.25) is 5.10 Å². The van der Waals surface area contributed by atoms with E-state index in [4.69, 9.17) is 23.2 Å². The smallest absolute Gasteiger partial charge is 0.227 e. The van der Waals surface area contributed by atoms with Crippen LogP contribution in [0.4, 0.5) is 11.6 Å². The van der Waals surface area contributed by atoms with E-state index in [0.29, 0.717) is 27.9 Å². The number of piperidine rings is 1. The number of nitrogens with one attached hydrogen (secondary N) is 2. The van der Waals surface area contributed by atoms with Gasteiger partial charge in [0.15, 0.2) is 5.15 Å². The third kappa shape index (κ3) is 3.37. The van der Waals surface area contributed by atoms with E-state index in [1.165, 1.54) is 0 Å². The first-order valence-electron chi connectivity index (χ1n) is 8.24. The molecule has 0 radical (unpaired) electrons. The van der Waals surface area contributed by atoms with Gasteiger partial charge in [-0.1, -0.05) is 23.2 Å². The van der Waals surface area contributed by atoms with Crippen molar-refractivity contribution in [1.29, 1.82) is 0 Å². The minimum absolute atomic E-state index is 0.310. The summed E-state index contributed by atoms with van der Waals surface area (Å²) < 4.78 is 0. The van der Waals surface area contributed by atoms with Crippen LogP contribution in [0.3, 0.4) is 0 Å². The molecule has 1 aromatic carbocycles. The molecule has 1 fully saturated rings. The molecule has 0 bridgehead atoms. The monoisotopic (exact) mass is 376 g/mol. The molecule has 1 atom stereocenters. The number of H-pyrrole nitrogens is 1. The Morgan fingerprint density at radius 2 is 2.16 bits per heavy atom. The number of rotatable bonds is 3. The fourth-order valence-electron chi connectivity index (χ4n) is 3.20. The maximum atomic E-state index is 6.11. The van der Waals surface area contributed by atoms with Gasteiger partial charge >= 0.3 is 0 Å². The Morgan fingerprint density at radius 3 is 3.00 bits per heavy atom. The summed E-state index contributed by atoms with van der Waals surface area (Å²) in [5.74, 6) is 0.642. The SMILES string of the molecule is Cc1nc(N2CCCC(Nc3ccc4[nH]ncc4c3)C2)nc(Cl)c1Cl.